The Kier molecular flexibility index (Phi) is 7.95. The zero-order chi connectivity index (χ0) is 22.2. The SMILES string of the molecule is C=CCN(CCc1ccccc1)CC(=O)N1CCN(c2ccc(C(C)=O)cc2F)CC1. The summed E-state index contributed by atoms with van der Waals surface area (Å²) in [6, 6.07) is 14.8. The van der Waals surface area contributed by atoms with Gasteiger partial charge in [0.15, 0.2) is 5.78 Å². The third-order valence-electron chi connectivity index (χ3n) is 5.63. The predicted octanol–water partition coefficient (Wildman–Crippen LogP) is 3.41. The van der Waals surface area contributed by atoms with E-state index in [1.165, 1.54) is 18.6 Å². The molecule has 1 fully saturated rings. The largest absolute Gasteiger partial charge is 0.366 e. The molecule has 0 aliphatic carbocycles. The van der Waals surface area contributed by atoms with Gasteiger partial charge in [-0.1, -0.05) is 36.4 Å². The molecule has 0 bridgehead atoms. The molecule has 31 heavy (non-hydrogen) atoms. The van der Waals surface area contributed by atoms with E-state index in [0.717, 1.165) is 13.0 Å². The van der Waals surface area contributed by atoms with Crippen molar-refractivity contribution in [2.45, 2.75) is 13.3 Å². The van der Waals surface area contributed by atoms with E-state index >= 15 is 0 Å². The topological polar surface area (TPSA) is 43.9 Å². The molecule has 164 valence electrons. The van der Waals surface area contributed by atoms with Crippen molar-refractivity contribution in [2.24, 2.45) is 0 Å². The minimum atomic E-state index is -0.398. The molecule has 3 rings (SSSR count). The highest BCUT2D eigenvalue weighted by molar-refractivity contribution is 5.94. The summed E-state index contributed by atoms with van der Waals surface area (Å²) in [5.74, 6) is -0.468. The summed E-state index contributed by atoms with van der Waals surface area (Å²) in [7, 11) is 0. The molecule has 0 atom stereocenters. The number of piperazine rings is 1. The number of ketones is 1. The number of carbonyl (C=O) groups excluding carboxylic acids is 2. The van der Waals surface area contributed by atoms with Gasteiger partial charge in [0, 0.05) is 44.8 Å². The monoisotopic (exact) mass is 423 g/mol. The second-order valence-electron chi connectivity index (χ2n) is 7.85. The Morgan fingerprint density at radius 2 is 1.81 bits per heavy atom. The van der Waals surface area contributed by atoms with Crippen molar-refractivity contribution in [3.05, 3.63) is 78.1 Å². The van der Waals surface area contributed by atoms with Gasteiger partial charge in [0.05, 0.1) is 12.2 Å². The van der Waals surface area contributed by atoms with Crippen molar-refractivity contribution in [2.75, 3.05) is 50.7 Å². The van der Waals surface area contributed by atoms with Crippen molar-refractivity contribution < 1.29 is 14.0 Å². The van der Waals surface area contributed by atoms with Crippen molar-refractivity contribution in [3.63, 3.8) is 0 Å². The third-order valence-corrected chi connectivity index (χ3v) is 5.63. The van der Waals surface area contributed by atoms with Gasteiger partial charge < -0.3 is 9.80 Å². The first-order valence-electron chi connectivity index (χ1n) is 10.7. The van der Waals surface area contributed by atoms with Crippen LogP contribution in [0.2, 0.25) is 0 Å². The number of Topliss-reactive ketones (excluding diaryl/α,β-unsaturated/α-hetero) is 1. The first kappa shape index (κ1) is 22.7. The zero-order valence-electron chi connectivity index (χ0n) is 18.1. The molecule has 2 aromatic rings. The van der Waals surface area contributed by atoms with Crippen LogP contribution in [0, 0.1) is 5.82 Å². The average Bonchev–Trinajstić information content (AvgIpc) is 2.78. The van der Waals surface area contributed by atoms with Gasteiger partial charge in [-0.15, -0.1) is 6.58 Å². The van der Waals surface area contributed by atoms with Crippen LogP contribution < -0.4 is 4.90 Å². The Balaban J connectivity index is 1.52. The highest BCUT2D eigenvalue weighted by Crippen LogP contribution is 2.22. The van der Waals surface area contributed by atoms with Gasteiger partial charge in [-0.25, -0.2) is 4.39 Å². The molecule has 0 unspecified atom stereocenters. The van der Waals surface area contributed by atoms with Crippen LogP contribution in [0.1, 0.15) is 22.8 Å². The highest BCUT2D eigenvalue weighted by Gasteiger charge is 2.24. The van der Waals surface area contributed by atoms with E-state index < -0.39 is 5.82 Å². The normalized spacial score (nSPS) is 14.0. The first-order chi connectivity index (χ1) is 15.0. The summed E-state index contributed by atoms with van der Waals surface area (Å²) in [6.45, 7) is 9.26. The van der Waals surface area contributed by atoms with E-state index in [4.69, 9.17) is 0 Å². The Hall–Kier alpha value is -2.99. The summed E-state index contributed by atoms with van der Waals surface area (Å²) < 4.78 is 14.4. The lowest BCUT2D eigenvalue weighted by atomic mass is 10.1. The number of anilines is 1. The van der Waals surface area contributed by atoms with Crippen LogP contribution in [0.4, 0.5) is 10.1 Å². The Bertz CT molecular complexity index is 908. The molecule has 0 saturated carbocycles. The molecule has 6 heteroatoms. The van der Waals surface area contributed by atoms with Crippen molar-refractivity contribution in [1.82, 2.24) is 9.80 Å². The Morgan fingerprint density at radius 1 is 1.10 bits per heavy atom. The standard InChI is InChI=1S/C25H30FN3O2/c1-3-12-27(13-11-21-7-5-4-6-8-21)19-25(31)29-16-14-28(15-17-29)24-10-9-22(20(2)30)18-23(24)26/h3-10,18H,1,11-17,19H2,2H3. The first-order valence-corrected chi connectivity index (χ1v) is 10.7. The van der Waals surface area contributed by atoms with Gasteiger partial charge in [-0.3, -0.25) is 14.5 Å². The fourth-order valence-electron chi connectivity index (χ4n) is 3.82. The summed E-state index contributed by atoms with van der Waals surface area (Å²) in [5, 5.41) is 0. The molecule has 0 radical (unpaired) electrons. The van der Waals surface area contributed by atoms with Gasteiger partial charge in [0.1, 0.15) is 5.82 Å². The average molecular weight is 424 g/mol. The molecular weight excluding hydrogens is 393 g/mol. The second-order valence-corrected chi connectivity index (χ2v) is 7.85. The number of amides is 1. The third kappa shape index (κ3) is 6.25. The lowest BCUT2D eigenvalue weighted by Crippen LogP contribution is -2.51. The second kappa shape index (κ2) is 10.9. The fourth-order valence-corrected chi connectivity index (χ4v) is 3.82. The molecule has 2 aromatic carbocycles. The van der Waals surface area contributed by atoms with Crippen LogP contribution in [0.3, 0.4) is 0 Å². The number of halogens is 1. The molecule has 1 aliphatic heterocycles. The van der Waals surface area contributed by atoms with Gasteiger partial charge in [-0.2, -0.15) is 0 Å². The van der Waals surface area contributed by atoms with Crippen LogP contribution in [0.15, 0.2) is 61.2 Å². The molecule has 1 saturated heterocycles. The smallest absolute Gasteiger partial charge is 0.236 e. The van der Waals surface area contributed by atoms with Crippen molar-refractivity contribution in [1.29, 1.82) is 0 Å². The van der Waals surface area contributed by atoms with E-state index in [2.05, 4.69) is 23.6 Å². The summed E-state index contributed by atoms with van der Waals surface area (Å²) in [6.07, 6.45) is 2.70. The van der Waals surface area contributed by atoms with E-state index in [1.807, 2.05) is 34.1 Å². The number of hydrogen-bond acceptors (Lipinski definition) is 4. The molecule has 5 nitrogen and oxygen atoms in total. The van der Waals surface area contributed by atoms with Crippen LogP contribution in [-0.4, -0.2) is 67.3 Å². The maximum Gasteiger partial charge on any atom is 0.236 e. The summed E-state index contributed by atoms with van der Waals surface area (Å²) in [5.41, 5.74) is 2.09. The quantitative estimate of drug-likeness (QED) is 0.458. The number of benzene rings is 2. The molecule has 0 spiro atoms. The van der Waals surface area contributed by atoms with Crippen LogP contribution >= 0.6 is 0 Å². The molecular formula is C25H30FN3O2. The van der Waals surface area contributed by atoms with Crippen molar-refractivity contribution >= 4 is 17.4 Å². The molecule has 1 aliphatic rings. The van der Waals surface area contributed by atoms with E-state index in [9.17, 15) is 14.0 Å². The molecule has 0 N–H and O–H groups in total. The molecule has 1 amide bonds. The highest BCUT2D eigenvalue weighted by atomic mass is 19.1. The van der Waals surface area contributed by atoms with E-state index in [0.29, 0.717) is 50.5 Å². The van der Waals surface area contributed by atoms with Crippen molar-refractivity contribution in [3.8, 4) is 0 Å². The minimum absolute atomic E-state index is 0.0851. The van der Waals surface area contributed by atoms with Crippen LogP contribution in [0.25, 0.3) is 0 Å². The number of rotatable bonds is 9. The number of nitrogens with zero attached hydrogens (tertiary/aromatic N) is 3. The maximum atomic E-state index is 14.4. The maximum absolute atomic E-state index is 14.4. The minimum Gasteiger partial charge on any atom is -0.366 e. The predicted molar refractivity (Wildman–Crippen MR) is 122 cm³/mol. The van der Waals surface area contributed by atoms with Crippen LogP contribution in [-0.2, 0) is 11.2 Å². The zero-order valence-corrected chi connectivity index (χ0v) is 18.1. The lowest BCUT2D eigenvalue weighted by molar-refractivity contribution is -0.132. The van der Waals surface area contributed by atoms with Gasteiger partial charge in [0.25, 0.3) is 0 Å². The number of hydrogen-bond donors (Lipinski definition) is 0. The summed E-state index contributed by atoms with van der Waals surface area (Å²) >= 11 is 0. The Labute approximate surface area is 183 Å². The fraction of sp³-hybridized carbons (Fsp3) is 0.360. The Morgan fingerprint density at radius 3 is 2.42 bits per heavy atom. The van der Waals surface area contributed by atoms with Crippen LogP contribution in [0.5, 0.6) is 0 Å². The van der Waals surface area contributed by atoms with Gasteiger partial charge in [-0.05, 0) is 37.1 Å². The summed E-state index contributed by atoms with van der Waals surface area (Å²) in [4.78, 5) is 30.2. The van der Waals surface area contributed by atoms with Gasteiger partial charge in [0.2, 0.25) is 5.91 Å². The van der Waals surface area contributed by atoms with Gasteiger partial charge >= 0.3 is 0 Å². The number of carbonyl (C=O) groups is 2. The molecule has 1 heterocycles. The van der Waals surface area contributed by atoms with E-state index in [-0.39, 0.29) is 11.7 Å². The van der Waals surface area contributed by atoms with E-state index in [1.54, 1.807) is 12.1 Å². The molecule has 0 aromatic heterocycles. The lowest BCUT2D eigenvalue weighted by Gasteiger charge is -2.37.